The van der Waals surface area contributed by atoms with Gasteiger partial charge in [0, 0.05) is 19.3 Å². The first-order valence-corrected chi connectivity index (χ1v) is 31.0. The molecule has 0 aliphatic heterocycles. The second-order valence-electron chi connectivity index (χ2n) is 21.0. The number of allylic oxidation sites excluding steroid dienone is 6. The monoisotopic (exact) mass is 983 g/mol. The molecule has 70 heavy (non-hydrogen) atoms. The molecular formula is C64H118O6. The minimum Gasteiger partial charge on any atom is -0.462 e. The Morgan fingerprint density at radius 1 is 0.286 bits per heavy atom. The number of carbonyl (C=O) groups excluding carboxylic acids is 3. The van der Waals surface area contributed by atoms with E-state index in [-0.39, 0.29) is 31.1 Å². The van der Waals surface area contributed by atoms with E-state index in [9.17, 15) is 14.4 Å². The van der Waals surface area contributed by atoms with E-state index in [1.807, 2.05) is 0 Å². The van der Waals surface area contributed by atoms with Gasteiger partial charge in [-0.2, -0.15) is 0 Å². The predicted molar refractivity (Wildman–Crippen MR) is 302 cm³/mol. The van der Waals surface area contributed by atoms with E-state index in [2.05, 4.69) is 57.2 Å². The zero-order valence-electron chi connectivity index (χ0n) is 47.1. The molecule has 0 heterocycles. The van der Waals surface area contributed by atoms with E-state index in [1.165, 1.54) is 231 Å². The summed E-state index contributed by atoms with van der Waals surface area (Å²) >= 11 is 0. The molecule has 0 radical (unpaired) electrons. The Morgan fingerprint density at radius 2 is 0.514 bits per heavy atom. The first-order valence-electron chi connectivity index (χ1n) is 31.0. The fourth-order valence-electron chi connectivity index (χ4n) is 9.18. The quantitative estimate of drug-likeness (QED) is 0.0261. The summed E-state index contributed by atoms with van der Waals surface area (Å²) in [6.07, 6.45) is 71.6. The summed E-state index contributed by atoms with van der Waals surface area (Å²) in [5.41, 5.74) is 0. The summed E-state index contributed by atoms with van der Waals surface area (Å²) in [7, 11) is 0. The lowest BCUT2D eigenvalue weighted by atomic mass is 10.0. The number of carbonyl (C=O) groups is 3. The lowest BCUT2D eigenvalue weighted by Crippen LogP contribution is -2.30. The predicted octanol–water partition coefficient (Wildman–Crippen LogP) is 20.8. The molecule has 0 amide bonds. The van der Waals surface area contributed by atoms with Crippen LogP contribution in [0.2, 0.25) is 0 Å². The first-order chi connectivity index (χ1) is 34.5. The van der Waals surface area contributed by atoms with Gasteiger partial charge in [0.1, 0.15) is 13.2 Å². The molecule has 410 valence electrons. The molecule has 0 bridgehead atoms. The lowest BCUT2D eigenvalue weighted by molar-refractivity contribution is -0.167. The molecule has 1 unspecified atom stereocenters. The third kappa shape index (κ3) is 56.5. The Kier molecular flexibility index (Phi) is 57.2. The molecule has 0 aromatic rings. The summed E-state index contributed by atoms with van der Waals surface area (Å²) in [6.45, 7) is 6.64. The van der Waals surface area contributed by atoms with Crippen molar-refractivity contribution in [3.05, 3.63) is 36.5 Å². The molecule has 6 heteroatoms. The van der Waals surface area contributed by atoms with Crippen LogP contribution in [0.25, 0.3) is 0 Å². The second kappa shape index (κ2) is 59.2. The fraction of sp³-hybridized carbons (Fsp3) is 0.859. The Bertz CT molecular complexity index is 1170. The molecule has 0 fully saturated rings. The maximum Gasteiger partial charge on any atom is 0.306 e. The lowest BCUT2D eigenvalue weighted by Gasteiger charge is -2.18. The van der Waals surface area contributed by atoms with Gasteiger partial charge in [-0.05, 0) is 77.0 Å². The van der Waals surface area contributed by atoms with Gasteiger partial charge < -0.3 is 14.2 Å². The summed E-state index contributed by atoms with van der Waals surface area (Å²) < 4.78 is 16.9. The number of hydrogen-bond acceptors (Lipinski definition) is 6. The smallest absolute Gasteiger partial charge is 0.306 e. The summed E-state index contributed by atoms with van der Waals surface area (Å²) in [5, 5.41) is 0. The van der Waals surface area contributed by atoms with Gasteiger partial charge in [0.05, 0.1) is 0 Å². The molecule has 0 saturated heterocycles. The average Bonchev–Trinajstić information content (AvgIpc) is 3.36. The van der Waals surface area contributed by atoms with Crippen molar-refractivity contribution < 1.29 is 28.6 Å². The van der Waals surface area contributed by atoms with Crippen LogP contribution in [0.15, 0.2) is 36.5 Å². The topological polar surface area (TPSA) is 78.9 Å². The summed E-state index contributed by atoms with van der Waals surface area (Å²) in [5.74, 6) is -0.858. The average molecular weight is 984 g/mol. The Morgan fingerprint density at radius 3 is 0.800 bits per heavy atom. The van der Waals surface area contributed by atoms with Crippen LogP contribution in [0.5, 0.6) is 0 Å². The maximum absolute atomic E-state index is 12.8. The van der Waals surface area contributed by atoms with Crippen LogP contribution in [-0.4, -0.2) is 37.2 Å². The van der Waals surface area contributed by atoms with E-state index in [1.54, 1.807) is 0 Å². The van der Waals surface area contributed by atoms with E-state index in [0.717, 1.165) is 64.2 Å². The van der Waals surface area contributed by atoms with E-state index in [0.29, 0.717) is 19.3 Å². The zero-order chi connectivity index (χ0) is 50.7. The largest absolute Gasteiger partial charge is 0.462 e. The highest BCUT2D eigenvalue weighted by atomic mass is 16.6. The second-order valence-corrected chi connectivity index (χ2v) is 21.0. The van der Waals surface area contributed by atoms with E-state index < -0.39 is 6.10 Å². The van der Waals surface area contributed by atoms with Crippen molar-refractivity contribution in [2.75, 3.05) is 13.2 Å². The van der Waals surface area contributed by atoms with Gasteiger partial charge in [-0.25, -0.2) is 0 Å². The fourth-order valence-corrected chi connectivity index (χ4v) is 9.18. The molecule has 0 aliphatic carbocycles. The maximum atomic E-state index is 12.8. The van der Waals surface area contributed by atoms with Gasteiger partial charge in [0.15, 0.2) is 6.10 Å². The highest BCUT2D eigenvalue weighted by Gasteiger charge is 2.19. The SMILES string of the molecule is CCCCCCC/C=C\C/C=C\CCCCCCCCCCCCCCCC(=O)OCC(COC(=O)CCCCCCCCCC)OC(=O)CCCCCCCCCCC/C=C\CCCCCCCC. The molecule has 1 atom stereocenters. The molecule has 0 saturated carbocycles. The normalized spacial score (nSPS) is 12.2. The number of esters is 3. The summed E-state index contributed by atoms with van der Waals surface area (Å²) in [6, 6.07) is 0. The highest BCUT2D eigenvalue weighted by molar-refractivity contribution is 5.71. The van der Waals surface area contributed by atoms with Gasteiger partial charge in [0.25, 0.3) is 0 Å². The molecule has 0 rings (SSSR count). The van der Waals surface area contributed by atoms with Crippen molar-refractivity contribution in [3.8, 4) is 0 Å². The van der Waals surface area contributed by atoms with Gasteiger partial charge in [-0.3, -0.25) is 14.4 Å². The molecular weight excluding hydrogens is 865 g/mol. The zero-order valence-corrected chi connectivity index (χ0v) is 47.1. The van der Waals surface area contributed by atoms with E-state index >= 15 is 0 Å². The van der Waals surface area contributed by atoms with Crippen LogP contribution < -0.4 is 0 Å². The molecule has 0 aromatic heterocycles. The number of hydrogen-bond donors (Lipinski definition) is 0. The minimum atomic E-state index is -0.769. The van der Waals surface area contributed by atoms with Crippen molar-refractivity contribution in [1.29, 1.82) is 0 Å². The van der Waals surface area contributed by atoms with Crippen molar-refractivity contribution >= 4 is 17.9 Å². The van der Waals surface area contributed by atoms with Gasteiger partial charge in [-0.1, -0.05) is 276 Å². The standard InChI is InChI=1S/C64H118O6/c1-4-7-10-13-16-19-21-23-25-27-29-30-31-32-33-34-36-37-39-41-43-45-48-51-54-57-63(66)69-60-61(59-68-62(65)56-53-50-47-18-15-12-9-6-3)70-64(67)58-55-52-49-46-44-42-40-38-35-28-26-24-22-20-17-14-11-8-5-2/h21,23-24,26-27,29,61H,4-20,22,25,28,30-60H2,1-3H3/b23-21-,26-24-,29-27-. The molecule has 0 aromatic carbocycles. The van der Waals surface area contributed by atoms with Crippen molar-refractivity contribution in [1.82, 2.24) is 0 Å². The third-order valence-electron chi connectivity index (χ3n) is 13.9. The molecule has 0 N–H and O–H groups in total. The van der Waals surface area contributed by atoms with Crippen LogP contribution in [0.3, 0.4) is 0 Å². The van der Waals surface area contributed by atoms with Crippen LogP contribution >= 0.6 is 0 Å². The number of ether oxygens (including phenoxy) is 3. The van der Waals surface area contributed by atoms with Crippen LogP contribution in [0, 0.1) is 0 Å². The number of unbranched alkanes of at least 4 members (excludes halogenated alkanes) is 40. The van der Waals surface area contributed by atoms with Crippen molar-refractivity contribution in [3.63, 3.8) is 0 Å². The Balaban J connectivity index is 4.14. The third-order valence-corrected chi connectivity index (χ3v) is 13.9. The van der Waals surface area contributed by atoms with Gasteiger partial charge >= 0.3 is 17.9 Å². The molecule has 0 aliphatic rings. The van der Waals surface area contributed by atoms with E-state index in [4.69, 9.17) is 14.2 Å². The Labute approximate surface area is 435 Å². The van der Waals surface area contributed by atoms with Gasteiger partial charge in [-0.15, -0.1) is 0 Å². The van der Waals surface area contributed by atoms with Crippen LogP contribution in [-0.2, 0) is 28.6 Å². The Hall–Kier alpha value is -2.37. The first kappa shape index (κ1) is 67.6. The van der Waals surface area contributed by atoms with Crippen molar-refractivity contribution in [2.45, 2.75) is 341 Å². The van der Waals surface area contributed by atoms with Crippen molar-refractivity contribution in [2.24, 2.45) is 0 Å². The highest BCUT2D eigenvalue weighted by Crippen LogP contribution is 2.17. The number of rotatable bonds is 57. The van der Waals surface area contributed by atoms with Crippen LogP contribution in [0.4, 0.5) is 0 Å². The minimum absolute atomic E-state index is 0.0695. The molecule has 0 spiro atoms. The van der Waals surface area contributed by atoms with Crippen LogP contribution in [0.1, 0.15) is 335 Å². The molecule has 6 nitrogen and oxygen atoms in total. The van der Waals surface area contributed by atoms with Gasteiger partial charge in [0.2, 0.25) is 0 Å². The summed E-state index contributed by atoms with van der Waals surface area (Å²) in [4.78, 5) is 38.1.